The molecule has 0 spiro atoms. The Bertz CT molecular complexity index is 802. The highest BCUT2D eigenvalue weighted by Gasteiger charge is 2.10. The molecule has 2 nitrogen and oxygen atoms in total. The van der Waals surface area contributed by atoms with E-state index in [1.807, 2.05) is 30.3 Å². The molecule has 0 amide bonds. The van der Waals surface area contributed by atoms with Crippen molar-refractivity contribution in [1.29, 1.82) is 0 Å². The van der Waals surface area contributed by atoms with Crippen molar-refractivity contribution in [1.82, 2.24) is 0 Å². The van der Waals surface area contributed by atoms with Crippen LogP contribution in [0.25, 0.3) is 10.8 Å². The predicted molar refractivity (Wildman–Crippen MR) is 84.0 cm³/mol. The van der Waals surface area contributed by atoms with E-state index < -0.39 is 5.82 Å². The molecule has 3 aromatic carbocycles. The van der Waals surface area contributed by atoms with Crippen molar-refractivity contribution in [3.8, 4) is 11.5 Å². The largest absolute Gasteiger partial charge is 0.454 e. The molecule has 1 N–H and O–H groups in total. The number of ether oxygens (including phenoxy) is 1. The molecule has 0 saturated heterocycles. The van der Waals surface area contributed by atoms with Crippen molar-refractivity contribution in [3.05, 3.63) is 70.5 Å². The molecule has 0 aliphatic heterocycles. The van der Waals surface area contributed by atoms with Crippen LogP contribution in [0.3, 0.4) is 0 Å². The zero-order chi connectivity index (χ0) is 14.8. The number of hydrogen-bond acceptors (Lipinski definition) is 2. The van der Waals surface area contributed by atoms with Gasteiger partial charge in [0.05, 0.1) is 6.61 Å². The molecule has 0 saturated carbocycles. The maximum atomic E-state index is 13.8. The van der Waals surface area contributed by atoms with Crippen LogP contribution in [0.15, 0.2) is 59.1 Å². The van der Waals surface area contributed by atoms with Gasteiger partial charge in [0.2, 0.25) is 0 Å². The summed E-state index contributed by atoms with van der Waals surface area (Å²) in [6.45, 7) is -0.270. The number of rotatable bonds is 3. The van der Waals surface area contributed by atoms with Crippen molar-refractivity contribution in [2.45, 2.75) is 6.61 Å². The zero-order valence-electron chi connectivity index (χ0n) is 11.0. The minimum Gasteiger partial charge on any atom is -0.454 e. The minimum atomic E-state index is -0.488. The number of aliphatic hydroxyl groups is 1. The quantitative estimate of drug-likeness (QED) is 0.720. The number of aliphatic hydroxyl groups excluding tert-OH is 1. The lowest BCUT2D eigenvalue weighted by atomic mass is 10.1. The second-order valence-corrected chi connectivity index (χ2v) is 5.56. The fraction of sp³-hybridized carbons (Fsp3) is 0.0588. The first-order chi connectivity index (χ1) is 10.2. The van der Waals surface area contributed by atoms with Gasteiger partial charge in [-0.25, -0.2) is 4.39 Å². The van der Waals surface area contributed by atoms with Gasteiger partial charge < -0.3 is 9.84 Å². The van der Waals surface area contributed by atoms with Crippen molar-refractivity contribution in [2.75, 3.05) is 0 Å². The van der Waals surface area contributed by atoms with E-state index in [1.54, 1.807) is 18.2 Å². The molecule has 106 valence electrons. The summed E-state index contributed by atoms with van der Waals surface area (Å²) >= 11 is 3.42. The lowest BCUT2D eigenvalue weighted by molar-refractivity contribution is 0.274. The number of para-hydroxylation sites is 1. The summed E-state index contributed by atoms with van der Waals surface area (Å²) in [6, 6.07) is 15.9. The van der Waals surface area contributed by atoms with E-state index in [-0.39, 0.29) is 12.4 Å². The molecule has 3 aromatic rings. The zero-order valence-corrected chi connectivity index (χ0v) is 12.6. The first-order valence-electron chi connectivity index (χ1n) is 6.43. The van der Waals surface area contributed by atoms with Crippen molar-refractivity contribution >= 4 is 26.7 Å². The topological polar surface area (TPSA) is 29.5 Å². The predicted octanol–water partition coefficient (Wildman–Crippen LogP) is 5.03. The van der Waals surface area contributed by atoms with Crippen LogP contribution in [-0.2, 0) is 6.61 Å². The highest BCUT2D eigenvalue weighted by molar-refractivity contribution is 9.10. The van der Waals surface area contributed by atoms with Crippen LogP contribution in [0.5, 0.6) is 11.5 Å². The van der Waals surface area contributed by atoms with Gasteiger partial charge in [0.15, 0.2) is 11.6 Å². The second-order valence-electron chi connectivity index (χ2n) is 4.64. The van der Waals surface area contributed by atoms with Crippen LogP contribution in [0, 0.1) is 5.82 Å². The van der Waals surface area contributed by atoms with Crippen molar-refractivity contribution in [3.63, 3.8) is 0 Å². The van der Waals surface area contributed by atoms with E-state index in [0.29, 0.717) is 11.3 Å². The van der Waals surface area contributed by atoms with Crippen LogP contribution in [0.2, 0.25) is 0 Å². The lowest BCUT2D eigenvalue weighted by Gasteiger charge is -2.11. The van der Waals surface area contributed by atoms with Gasteiger partial charge in [0, 0.05) is 10.0 Å². The van der Waals surface area contributed by atoms with Gasteiger partial charge in [-0.05, 0) is 41.1 Å². The SMILES string of the molecule is OCc1cccc(F)c1Oc1ccc2cc(Br)ccc2c1. The normalized spacial score (nSPS) is 10.8. The standard InChI is InChI=1S/C17H12BrFO2/c18-14-6-4-12-9-15(7-5-11(12)8-14)21-17-13(10-20)2-1-3-16(17)19/h1-9,20H,10H2. The molecular weight excluding hydrogens is 335 g/mol. The highest BCUT2D eigenvalue weighted by Crippen LogP contribution is 2.31. The molecule has 0 fully saturated rings. The Balaban J connectivity index is 2.00. The Labute approximate surface area is 129 Å². The fourth-order valence-electron chi connectivity index (χ4n) is 2.17. The van der Waals surface area contributed by atoms with E-state index in [2.05, 4.69) is 15.9 Å². The van der Waals surface area contributed by atoms with Gasteiger partial charge in [-0.15, -0.1) is 0 Å². The maximum Gasteiger partial charge on any atom is 0.168 e. The minimum absolute atomic E-state index is 0.0662. The Morgan fingerprint density at radius 3 is 2.57 bits per heavy atom. The molecule has 3 rings (SSSR count). The van der Waals surface area contributed by atoms with Gasteiger partial charge in [-0.2, -0.15) is 0 Å². The third kappa shape index (κ3) is 2.91. The molecule has 4 heteroatoms. The van der Waals surface area contributed by atoms with Crippen molar-refractivity contribution in [2.24, 2.45) is 0 Å². The number of benzene rings is 3. The Morgan fingerprint density at radius 1 is 1.00 bits per heavy atom. The summed E-state index contributed by atoms with van der Waals surface area (Å²) in [5, 5.41) is 11.3. The van der Waals surface area contributed by atoms with Gasteiger partial charge in [-0.1, -0.05) is 40.2 Å². The molecular formula is C17H12BrFO2. The van der Waals surface area contributed by atoms with E-state index in [0.717, 1.165) is 15.2 Å². The summed E-state index contributed by atoms with van der Waals surface area (Å²) < 4.78 is 20.5. The van der Waals surface area contributed by atoms with Gasteiger partial charge in [0.25, 0.3) is 0 Å². The Hall–Kier alpha value is -1.91. The first kappa shape index (κ1) is 14.0. The van der Waals surface area contributed by atoms with E-state index in [9.17, 15) is 9.50 Å². The summed E-state index contributed by atoms with van der Waals surface area (Å²) in [5.41, 5.74) is 0.422. The molecule has 0 heterocycles. The molecule has 0 radical (unpaired) electrons. The number of fused-ring (bicyclic) bond motifs is 1. The Morgan fingerprint density at radius 2 is 1.76 bits per heavy atom. The molecule has 21 heavy (non-hydrogen) atoms. The fourth-order valence-corrected chi connectivity index (χ4v) is 2.55. The Kier molecular flexibility index (Phi) is 3.90. The van der Waals surface area contributed by atoms with Crippen molar-refractivity contribution < 1.29 is 14.2 Å². The van der Waals surface area contributed by atoms with E-state index in [1.165, 1.54) is 6.07 Å². The van der Waals surface area contributed by atoms with Crippen LogP contribution in [0.1, 0.15) is 5.56 Å². The first-order valence-corrected chi connectivity index (χ1v) is 7.22. The monoisotopic (exact) mass is 346 g/mol. The lowest BCUT2D eigenvalue weighted by Crippen LogP contribution is -1.95. The van der Waals surface area contributed by atoms with Gasteiger partial charge in [-0.3, -0.25) is 0 Å². The average molecular weight is 347 g/mol. The molecule has 0 aliphatic carbocycles. The van der Waals surface area contributed by atoms with Gasteiger partial charge >= 0.3 is 0 Å². The summed E-state index contributed by atoms with van der Waals surface area (Å²) in [4.78, 5) is 0. The summed E-state index contributed by atoms with van der Waals surface area (Å²) in [6.07, 6.45) is 0. The van der Waals surface area contributed by atoms with E-state index in [4.69, 9.17) is 4.74 Å². The number of hydrogen-bond donors (Lipinski definition) is 1. The highest BCUT2D eigenvalue weighted by atomic mass is 79.9. The van der Waals surface area contributed by atoms with Crippen LogP contribution < -0.4 is 4.74 Å². The maximum absolute atomic E-state index is 13.8. The van der Waals surface area contributed by atoms with Crippen LogP contribution in [-0.4, -0.2) is 5.11 Å². The smallest absolute Gasteiger partial charge is 0.168 e. The van der Waals surface area contributed by atoms with E-state index >= 15 is 0 Å². The summed E-state index contributed by atoms with van der Waals surface area (Å²) in [5.74, 6) is 0.110. The third-order valence-corrected chi connectivity index (χ3v) is 3.71. The molecule has 0 atom stereocenters. The molecule has 0 unspecified atom stereocenters. The van der Waals surface area contributed by atoms with Crippen LogP contribution in [0.4, 0.5) is 4.39 Å². The summed E-state index contributed by atoms with van der Waals surface area (Å²) in [7, 11) is 0. The van der Waals surface area contributed by atoms with Gasteiger partial charge in [0.1, 0.15) is 5.75 Å². The third-order valence-electron chi connectivity index (χ3n) is 3.21. The second kappa shape index (κ2) is 5.84. The number of halogens is 2. The van der Waals surface area contributed by atoms with Crippen LogP contribution >= 0.6 is 15.9 Å². The molecule has 0 aromatic heterocycles. The average Bonchev–Trinajstić information content (AvgIpc) is 2.49. The molecule has 0 aliphatic rings. The molecule has 0 bridgehead atoms.